The van der Waals surface area contributed by atoms with Gasteiger partial charge in [0, 0.05) is 19.5 Å². The van der Waals surface area contributed by atoms with Crippen molar-refractivity contribution in [3.8, 4) is 0 Å². The van der Waals surface area contributed by atoms with Crippen LogP contribution in [0.4, 0.5) is 0 Å². The molecule has 0 N–H and O–H groups in total. The zero-order valence-electron chi connectivity index (χ0n) is 9.30. The molecule has 0 aliphatic carbocycles. The van der Waals surface area contributed by atoms with Crippen LogP contribution in [0.15, 0.2) is 22.7 Å². The molecule has 0 fully saturated rings. The number of carbonyl (C=O) groups excluding carboxylic acids is 1. The number of aromatic nitrogens is 3. The average molecular weight is 219 g/mol. The standard InChI is InChI=1S/C11H13N3O2/c1-3-10-12-13-11(16-10)7-14-6-4-5-9(14)8(2)15/h4-6H,3,7H2,1-2H3. The molecule has 2 aromatic heterocycles. The topological polar surface area (TPSA) is 60.9 Å². The summed E-state index contributed by atoms with van der Waals surface area (Å²) in [4.78, 5) is 11.3. The highest BCUT2D eigenvalue weighted by Gasteiger charge is 2.09. The molecule has 0 amide bonds. The smallest absolute Gasteiger partial charge is 0.236 e. The molecule has 0 spiro atoms. The summed E-state index contributed by atoms with van der Waals surface area (Å²) >= 11 is 0. The summed E-state index contributed by atoms with van der Waals surface area (Å²) in [6.45, 7) is 3.93. The zero-order chi connectivity index (χ0) is 11.5. The predicted molar refractivity (Wildman–Crippen MR) is 57.2 cm³/mol. The first-order valence-electron chi connectivity index (χ1n) is 5.18. The van der Waals surface area contributed by atoms with Crippen LogP contribution in [-0.4, -0.2) is 20.5 Å². The van der Waals surface area contributed by atoms with Gasteiger partial charge in [0.1, 0.15) is 6.54 Å². The summed E-state index contributed by atoms with van der Waals surface area (Å²) in [5, 5.41) is 7.79. The van der Waals surface area contributed by atoms with Crippen molar-refractivity contribution in [2.45, 2.75) is 26.8 Å². The number of rotatable bonds is 4. The highest BCUT2D eigenvalue weighted by molar-refractivity contribution is 5.92. The molecule has 2 rings (SSSR count). The molecule has 16 heavy (non-hydrogen) atoms. The van der Waals surface area contributed by atoms with Crippen LogP contribution in [0.25, 0.3) is 0 Å². The highest BCUT2D eigenvalue weighted by atomic mass is 16.4. The maximum Gasteiger partial charge on any atom is 0.236 e. The van der Waals surface area contributed by atoms with Gasteiger partial charge in [-0.05, 0) is 12.1 Å². The predicted octanol–water partition coefficient (Wildman–Crippen LogP) is 1.68. The molecule has 2 heterocycles. The van der Waals surface area contributed by atoms with Crippen molar-refractivity contribution >= 4 is 5.78 Å². The van der Waals surface area contributed by atoms with Crippen LogP contribution in [0.3, 0.4) is 0 Å². The van der Waals surface area contributed by atoms with Crippen molar-refractivity contribution in [3.05, 3.63) is 35.8 Å². The summed E-state index contributed by atoms with van der Waals surface area (Å²) in [5.41, 5.74) is 0.649. The maximum absolute atomic E-state index is 11.3. The van der Waals surface area contributed by atoms with Crippen molar-refractivity contribution < 1.29 is 9.21 Å². The van der Waals surface area contributed by atoms with E-state index in [1.807, 2.05) is 19.2 Å². The van der Waals surface area contributed by atoms with Crippen molar-refractivity contribution in [2.75, 3.05) is 0 Å². The van der Waals surface area contributed by atoms with Crippen LogP contribution in [-0.2, 0) is 13.0 Å². The third-order valence-corrected chi connectivity index (χ3v) is 2.31. The van der Waals surface area contributed by atoms with Crippen LogP contribution in [0.2, 0.25) is 0 Å². The van der Waals surface area contributed by atoms with E-state index < -0.39 is 0 Å². The first kappa shape index (κ1) is 10.6. The molecular weight excluding hydrogens is 206 g/mol. The minimum atomic E-state index is 0.0280. The van der Waals surface area contributed by atoms with E-state index in [1.165, 1.54) is 6.92 Å². The van der Waals surface area contributed by atoms with Gasteiger partial charge in [-0.1, -0.05) is 6.92 Å². The average Bonchev–Trinajstić information content (AvgIpc) is 2.87. The van der Waals surface area contributed by atoms with Crippen molar-refractivity contribution in [2.24, 2.45) is 0 Å². The van der Waals surface area contributed by atoms with E-state index in [2.05, 4.69) is 10.2 Å². The molecule has 0 saturated heterocycles. The summed E-state index contributed by atoms with van der Waals surface area (Å²) in [7, 11) is 0. The van der Waals surface area contributed by atoms with Gasteiger partial charge in [-0.3, -0.25) is 4.79 Å². The Morgan fingerprint density at radius 1 is 1.44 bits per heavy atom. The second-order valence-corrected chi connectivity index (χ2v) is 3.52. The van der Waals surface area contributed by atoms with Gasteiger partial charge in [0.15, 0.2) is 5.78 Å². The zero-order valence-corrected chi connectivity index (χ0v) is 9.30. The van der Waals surface area contributed by atoms with Crippen LogP contribution in [0.1, 0.15) is 36.1 Å². The number of ketones is 1. The van der Waals surface area contributed by atoms with Crippen molar-refractivity contribution in [1.82, 2.24) is 14.8 Å². The quantitative estimate of drug-likeness (QED) is 0.734. The van der Waals surface area contributed by atoms with Gasteiger partial charge in [-0.15, -0.1) is 10.2 Å². The minimum absolute atomic E-state index is 0.0280. The van der Waals surface area contributed by atoms with Crippen LogP contribution >= 0.6 is 0 Å². The molecule has 0 radical (unpaired) electrons. The monoisotopic (exact) mass is 219 g/mol. The Kier molecular flexibility index (Phi) is 2.85. The molecule has 5 nitrogen and oxygen atoms in total. The van der Waals surface area contributed by atoms with Gasteiger partial charge in [-0.25, -0.2) is 0 Å². The fraction of sp³-hybridized carbons (Fsp3) is 0.364. The second-order valence-electron chi connectivity index (χ2n) is 3.52. The number of hydrogen-bond acceptors (Lipinski definition) is 4. The molecule has 0 aromatic carbocycles. The second kappa shape index (κ2) is 4.30. The SMILES string of the molecule is CCc1nnc(Cn2cccc2C(C)=O)o1. The summed E-state index contributed by atoms with van der Waals surface area (Å²) in [6.07, 6.45) is 2.55. The van der Waals surface area contributed by atoms with Crippen LogP contribution in [0, 0.1) is 0 Å². The lowest BCUT2D eigenvalue weighted by Gasteiger charge is -2.02. The first-order valence-corrected chi connectivity index (χ1v) is 5.18. The number of hydrogen-bond donors (Lipinski definition) is 0. The Bertz CT molecular complexity index is 499. The van der Waals surface area contributed by atoms with Crippen molar-refractivity contribution in [3.63, 3.8) is 0 Å². The largest absolute Gasteiger partial charge is 0.423 e. The number of aryl methyl sites for hydroxylation is 1. The fourth-order valence-corrected chi connectivity index (χ4v) is 1.51. The molecule has 0 saturated carbocycles. The Morgan fingerprint density at radius 2 is 2.19 bits per heavy atom. The highest BCUT2D eigenvalue weighted by Crippen LogP contribution is 2.08. The molecule has 0 aliphatic rings. The summed E-state index contributed by atoms with van der Waals surface area (Å²) in [5.74, 6) is 1.17. The first-order chi connectivity index (χ1) is 7.70. The minimum Gasteiger partial charge on any atom is -0.423 e. The lowest BCUT2D eigenvalue weighted by molar-refractivity contribution is 0.100. The van der Waals surface area contributed by atoms with E-state index in [-0.39, 0.29) is 5.78 Å². The Morgan fingerprint density at radius 3 is 2.81 bits per heavy atom. The van der Waals surface area contributed by atoms with E-state index in [0.717, 1.165) is 6.42 Å². The number of Topliss-reactive ketones (excluding diaryl/α,β-unsaturated/α-hetero) is 1. The Balaban J connectivity index is 2.20. The maximum atomic E-state index is 11.3. The van der Waals surface area contributed by atoms with Gasteiger partial charge in [0.2, 0.25) is 11.8 Å². The van der Waals surface area contributed by atoms with Gasteiger partial charge >= 0.3 is 0 Å². The Labute approximate surface area is 93.1 Å². The fourth-order valence-electron chi connectivity index (χ4n) is 1.51. The van der Waals surface area contributed by atoms with E-state index in [9.17, 15) is 4.79 Å². The molecule has 5 heteroatoms. The molecule has 2 aromatic rings. The molecule has 0 bridgehead atoms. The molecule has 0 aliphatic heterocycles. The molecule has 0 atom stereocenters. The van der Waals surface area contributed by atoms with Crippen LogP contribution < -0.4 is 0 Å². The van der Waals surface area contributed by atoms with Gasteiger partial charge in [0.05, 0.1) is 5.69 Å². The third-order valence-electron chi connectivity index (χ3n) is 2.31. The number of carbonyl (C=O) groups is 1. The van der Waals surface area contributed by atoms with Crippen molar-refractivity contribution in [1.29, 1.82) is 0 Å². The van der Waals surface area contributed by atoms with Crippen LogP contribution in [0.5, 0.6) is 0 Å². The van der Waals surface area contributed by atoms with E-state index >= 15 is 0 Å². The Hall–Kier alpha value is -1.91. The van der Waals surface area contributed by atoms with E-state index in [1.54, 1.807) is 10.6 Å². The molecular formula is C11H13N3O2. The lowest BCUT2D eigenvalue weighted by Crippen LogP contribution is -2.06. The summed E-state index contributed by atoms with van der Waals surface area (Å²) < 4.78 is 7.19. The van der Waals surface area contributed by atoms with E-state index in [0.29, 0.717) is 24.0 Å². The molecule has 84 valence electrons. The summed E-state index contributed by atoms with van der Waals surface area (Å²) in [6, 6.07) is 3.60. The van der Waals surface area contributed by atoms with Gasteiger partial charge in [0.25, 0.3) is 0 Å². The molecule has 0 unspecified atom stereocenters. The van der Waals surface area contributed by atoms with Gasteiger partial charge in [-0.2, -0.15) is 0 Å². The van der Waals surface area contributed by atoms with E-state index in [4.69, 9.17) is 4.42 Å². The normalized spacial score (nSPS) is 10.6. The third kappa shape index (κ3) is 2.03. The number of nitrogens with zero attached hydrogens (tertiary/aromatic N) is 3. The lowest BCUT2D eigenvalue weighted by atomic mass is 10.3. The van der Waals surface area contributed by atoms with Gasteiger partial charge < -0.3 is 8.98 Å².